The van der Waals surface area contributed by atoms with Crippen LogP contribution in [0.5, 0.6) is 0 Å². The molecular formula is C59H36N4. The number of fused-ring (bicyclic) bond motifs is 10. The van der Waals surface area contributed by atoms with E-state index in [1.54, 1.807) is 0 Å². The van der Waals surface area contributed by atoms with Crippen LogP contribution in [0.1, 0.15) is 0 Å². The van der Waals surface area contributed by atoms with Crippen LogP contribution in [0.4, 0.5) is 0 Å². The molecule has 0 atom stereocenters. The fraction of sp³-hybridized carbons (Fsp3) is 0. The minimum absolute atomic E-state index is 0.630. The van der Waals surface area contributed by atoms with Crippen molar-refractivity contribution in [1.29, 1.82) is 0 Å². The highest BCUT2D eigenvalue weighted by atomic mass is 15.0. The lowest BCUT2D eigenvalue weighted by atomic mass is 9.96. The Hall–Kier alpha value is -8.47. The first-order valence-electron chi connectivity index (χ1n) is 21.4. The molecule has 0 amide bonds. The van der Waals surface area contributed by atoms with Crippen molar-refractivity contribution in [3.63, 3.8) is 0 Å². The summed E-state index contributed by atoms with van der Waals surface area (Å²) < 4.78 is 2.39. The number of para-hydroxylation sites is 1. The molecule has 0 aliphatic heterocycles. The van der Waals surface area contributed by atoms with Gasteiger partial charge in [-0.3, -0.25) is 0 Å². The van der Waals surface area contributed by atoms with Gasteiger partial charge in [0.2, 0.25) is 0 Å². The van der Waals surface area contributed by atoms with Crippen LogP contribution in [0.3, 0.4) is 0 Å². The van der Waals surface area contributed by atoms with Gasteiger partial charge >= 0.3 is 0 Å². The van der Waals surface area contributed by atoms with E-state index in [4.69, 9.17) is 15.0 Å². The predicted octanol–water partition coefficient (Wildman–Crippen LogP) is 15.4. The van der Waals surface area contributed by atoms with Gasteiger partial charge in [-0.1, -0.05) is 176 Å². The van der Waals surface area contributed by atoms with Crippen LogP contribution in [-0.2, 0) is 0 Å². The molecule has 0 fully saturated rings. The number of hydrogen-bond acceptors (Lipinski definition) is 3. The summed E-state index contributed by atoms with van der Waals surface area (Å²) in [6.07, 6.45) is 0. The number of benzene rings is 11. The zero-order valence-corrected chi connectivity index (χ0v) is 34.1. The summed E-state index contributed by atoms with van der Waals surface area (Å²) in [5, 5.41) is 14.3. The second kappa shape index (κ2) is 14.1. The SMILES string of the molecule is c1ccc2cc3c(cc2c1)c1ccccc1n3-c1ccc(-c2ccc(-c3nc(-c4cc5ccccc5c5ccccc45)nc(-c4cc5ccccc5c5ccccc45)n3)cc2)cc1. The summed E-state index contributed by atoms with van der Waals surface area (Å²) in [7, 11) is 0. The van der Waals surface area contributed by atoms with Gasteiger partial charge < -0.3 is 4.57 Å². The topological polar surface area (TPSA) is 43.6 Å². The third-order valence-corrected chi connectivity index (χ3v) is 12.8. The fourth-order valence-corrected chi connectivity index (χ4v) is 9.77. The monoisotopic (exact) mass is 800 g/mol. The van der Waals surface area contributed by atoms with Crippen molar-refractivity contribution >= 4 is 75.7 Å². The molecule has 0 saturated heterocycles. The fourth-order valence-electron chi connectivity index (χ4n) is 9.77. The number of aromatic nitrogens is 4. The van der Waals surface area contributed by atoms with Crippen LogP contribution in [-0.4, -0.2) is 19.5 Å². The molecule has 4 heteroatoms. The molecule has 63 heavy (non-hydrogen) atoms. The molecule has 0 spiro atoms. The van der Waals surface area contributed by atoms with E-state index in [1.807, 2.05) is 0 Å². The van der Waals surface area contributed by atoms with Crippen molar-refractivity contribution in [3.8, 4) is 51.0 Å². The first-order chi connectivity index (χ1) is 31.2. The predicted molar refractivity (Wildman–Crippen MR) is 263 cm³/mol. The Balaban J connectivity index is 0.940. The third-order valence-electron chi connectivity index (χ3n) is 12.8. The van der Waals surface area contributed by atoms with Crippen LogP contribution < -0.4 is 0 Å². The van der Waals surface area contributed by atoms with E-state index in [0.717, 1.165) is 55.0 Å². The Morgan fingerprint density at radius 3 is 1.24 bits per heavy atom. The van der Waals surface area contributed by atoms with Gasteiger partial charge in [-0.2, -0.15) is 0 Å². The molecule has 292 valence electrons. The minimum atomic E-state index is 0.630. The smallest absolute Gasteiger partial charge is 0.164 e. The molecule has 2 heterocycles. The zero-order valence-electron chi connectivity index (χ0n) is 34.1. The molecule has 0 bridgehead atoms. The highest BCUT2D eigenvalue weighted by molar-refractivity contribution is 6.16. The summed E-state index contributed by atoms with van der Waals surface area (Å²) in [6, 6.07) is 78.2. The van der Waals surface area contributed by atoms with Crippen LogP contribution in [0.25, 0.3) is 127 Å². The second-order valence-corrected chi connectivity index (χ2v) is 16.4. The molecule has 0 saturated carbocycles. The highest BCUT2D eigenvalue weighted by Crippen LogP contribution is 2.39. The molecule has 0 radical (unpaired) electrons. The van der Waals surface area contributed by atoms with Gasteiger partial charge in [-0.15, -0.1) is 0 Å². The lowest BCUT2D eigenvalue weighted by Gasteiger charge is -2.14. The molecular weight excluding hydrogens is 765 g/mol. The average Bonchev–Trinajstić information content (AvgIpc) is 3.68. The van der Waals surface area contributed by atoms with Gasteiger partial charge in [-0.25, -0.2) is 15.0 Å². The molecule has 0 aliphatic carbocycles. The standard InChI is InChI=1S/C59H36N4/c1-2-14-41-36-56-52(33-40(41)13-1)51-23-11-12-24-55(51)63(56)44-31-29-38(30-32-44)37-25-27-39(28-26-37)57-60-58(53-34-42-15-3-5-17-45(42)47-19-7-9-21-49(47)53)62-59(61-57)54-35-43-16-4-6-18-46(43)48-20-8-10-22-50(48)54/h1-36H. The molecule has 0 N–H and O–H groups in total. The number of hydrogen-bond donors (Lipinski definition) is 0. The Labute approximate surface area is 363 Å². The van der Waals surface area contributed by atoms with Crippen LogP contribution in [0.2, 0.25) is 0 Å². The Morgan fingerprint density at radius 2 is 0.667 bits per heavy atom. The summed E-state index contributed by atoms with van der Waals surface area (Å²) in [5.74, 6) is 1.92. The Bertz CT molecular complexity index is 3820. The maximum atomic E-state index is 5.34. The van der Waals surface area contributed by atoms with Crippen LogP contribution in [0.15, 0.2) is 218 Å². The molecule has 13 rings (SSSR count). The van der Waals surface area contributed by atoms with E-state index >= 15 is 0 Å². The Kier molecular flexibility index (Phi) is 7.87. The van der Waals surface area contributed by atoms with Crippen molar-refractivity contribution in [2.45, 2.75) is 0 Å². The Morgan fingerprint density at radius 1 is 0.254 bits per heavy atom. The van der Waals surface area contributed by atoms with Gasteiger partial charge in [0.05, 0.1) is 11.0 Å². The first-order valence-corrected chi connectivity index (χ1v) is 21.4. The minimum Gasteiger partial charge on any atom is -0.309 e. The molecule has 11 aromatic carbocycles. The first kappa shape index (κ1) is 35.3. The largest absolute Gasteiger partial charge is 0.309 e. The molecule has 4 nitrogen and oxygen atoms in total. The normalized spacial score (nSPS) is 11.8. The summed E-state index contributed by atoms with van der Waals surface area (Å²) >= 11 is 0. The van der Waals surface area contributed by atoms with E-state index in [-0.39, 0.29) is 0 Å². The lowest BCUT2D eigenvalue weighted by Crippen LogP contribution is -2.01. The lowest BCUT2D eigenvalue weighted by molar-refractivity contribution is 1.08. The maximum absolute atomic E-state index is 5.34. The summed E-state index contributed by atoms with van der Waals surface area (Å²) in [4.78, 5) is 15.9. The third kappa shape index (κ3) is 5.73. The van der Waals surface area contributed by atoms with E-state index in [0.29, 0.717) is 17.5 Å². The van der Waals surface area contributed by atoms with Gasteiger partial charge in [0.25, 0.3) is 0 Å². The molecule has 13 aromatic rings. The van der Waals surface area contributed by atoms with Crippen molar-refractivity contribution in [1.82, 2.24) is 19.5 Å². The summed E-state index contributed by atoms with van der Waals surface area (Å²) in [6.45, 7) is 0. The van der Waals surface area contributed by atoms with Gasteiger partial charge in [0.15, 0.2) is 17.5 Å². The van der Waals surface area contributed by atoms with Gasteiger partial charge in [0, 0.05) is 33.2 Å². The van der Waals surface area contributed by atoms with E-state index in [1.165, 1.54) is 54.1 Å². The number of nitrogens with zero attached hydrogens (tertiary/aromatic N) is 4. The molecule has 2 aromatic heterocycles. The molecule has 0 aliphatic rings. The quantitative estimate of drug-likeness (QED) is 0.163. The summed E-state index contributed by atoms with van der Waals surface area (Å²) in [5.41, 5.74) is 8.67. The van der Waals surface area contributed by atoms with Crippen LogP contribution in [0, 0.1) is 0 Å². The molecule has 0 unspecified atom stereocenters. The maximum Gasteiger partial charge on any atom is 0.164 e. The average molecular weight is 801 g/mol. The van der Waals surface area contributed by atoms with Gasteiger partial charge in [0.1, 0.15) is 0 Å². The van der Waals surface area contributed by atoms with Crippen molar-refractivity contribution in [2.24, 2.45) is 0 Å². The van der Waals surface area contributed by atoms with E-state index in [9.17, 15) is 0 Å². The van der Waals surface area contributed by atoms with E-state index < -0.39 is 0 Å². The van der Waals surface area contributed by atoms with Crippen LogP contribution >= 0.6 is 0 Å². The zero-order chi connectivity index (χ0) is 41.4. The van der Waals surface area contributed by atoms with E-state index in [2.05, 4.69) is 223 Å². The second-order valence-electron chi connectivity index (χ2n) is 16.4. The van der Waals surface area contributed by atoms with Crippen molar-refractivity contribution < 1.29 is 0 Å². The number of rotatable bonds is 5. The van der Waals surface area contributed by atoms with Crippen molar-refractivity contribution in [3.05, 3.63) is 218 Å². The van der Waals surface area contributed by atoms with Gasteiger partial charge in [-0.05, 0) is 107 Å². The van der Waals surface area contributed by atoms with Crippen molar-refractivity contribution in [2.75, 3.05) is 0 Å². The highest BCUT2D eigenvalue weighted by Gasteiger charge is 2.19.